The van der Waals surface area contributed by atoms with Crippen LogP contribution in [0.4, 0.5) is 18.9 Å². The van der Waals surface area contributed by atoms with Crippen molar-refractivity contribution in [2.24, 2.45) is 0 Å². The van der Waals surface area contributed by atoms with Crippen molar-refractivity contribution in [1.82, 2.24) is 9.88 Å². The van der Waals surface area contributed by atoms with E-state index in [2.05, 4.69) is 21.0 Å². The van der Waals surface area contributed by atoms with Crippen molar-refractivity contribution in [3.05, 3.63) is 60.1 Å². The number of nitrogens with zero attached hydrogens (tertiary/aromatic N) is 2. The van der Waals surface area contributed by atoms with Crippen LogP contribution in [0.25, 0.3) is 15.9 Å². The monoisotopic (exact) mass is 527 g/mol. The maximum Gasteiger partial charge on any atom is 0.411 e. The maximum absolute atomic E-state index is 12.9. The van der Waals surface area contributed by atoms with Crippen LogP contribution in [-0.2, 0) is 14.8 Å². The molecular weight excluding hydrogens is 503 g/mol. The van der Waals surface area contributed by atoms with Gasteiger partial charge in [-0.15, -0.1) is 11.3 Å². The maximum atomic E-state index is 12.9. The molecule has 2 N–H and O–H groups in total. The van der Waals surface area contributed by atoms with E-state index in [9.17, 15) is 26.7 Å². The van der Waals surface area contributed by atoms with Crippen molar-refractivity contribution < 1.29 is 31.4 Å². The second kappa shape index (κ2) is 9.76. The van der Waals surface area contributed by atoms with E-state index in [1.54, 1.807) is 35.8 Å². The summed E-state index contributed by atoms with van der Waals surface area (Å²) in [6.45, 7) is 3.12. The van der Waals surface area contributed by atoms with Gasteiger partial charge < -0.3 is 14.7 Å². The molecule has 1 fully saturated rings. The third-order valence-corrected chi connectivity index (χ3v) is 8.00. The molecule has 1 aliphatic rings. The Morgan fingerprint density at radius 1 is 1.20 bits per heavy atom. The molecule has 0 aliphatic carbocycles. The van der Waals surface area contributed by atoms with Crippen LogP contribution in [0.2, 0.25) is 0 Å². The molecule has 2 heterocycles. The van der Waals surface area contributed by atoms with Gasteiger partial charge in [0.25, 0.3) is 10.0 Å². The summed E-state index contributed by atoms with van der Waals surface area (Å²) in [5.41, 5.74) is 2.51. The number of likely N-dealkylation sites (tertiary alicyclic amines) is 1. The Hall–Kier alpha value is -2.67. The minimum atomic E-state index is -4.43. The van der Waals surface area contributed by atoms with Gasteiger partial charge in [0.2, 0.25) is 0 Å². The van der Waals surface area contributed by atoms with Gasteiger partial charge in [0, 0.05) is 24.5 Å². The highest BCUT2D eigenvalue weighted by atomic mass is 32.2. The van der Waals surface area contributed by atoms with E-state index < -0.39 is 28.4 Å². The summed E-state index contributed by atoms with van der Waals surface area (Å²) in [4.78, 5) is 6.19. The summed E-state index contributed by atoms with van der Waals surface area (Å²) >= 11 is 1.36. The van der Waals surface area contributed by atoms with Crippen molar-refractivity contribution in [1.29, 1.82) is 0 Å². The Morgan fingerprint density at radius 3 is 2.54 bits per heavy atom. The number of sulfonamides is 1. The number of thiazole rings is 1. The summed E-state index contributed by atoms with van der Waals surface area (Å²) in [6, 6.07) is 11.7. The SMILES string of the molecule is C=C(c1ccc(NS(=O)(=O)c2cccc3scnc23)cc1)N1CCC(O)(COCC(F)(F)F)CC1. The number of anilines is 1. The molecule has 7 nitrogen and oxygen atoms in total. The van der Waals surface area contributed by atoms with Crippen molar-refractivity contribution >= 4 is 43.0 Å². The fourth-order valence-electron chi connectivity index (χ4n) is 3.89. The van der Waals surface area contributed by atoms with Gasteiger partial charge in [-0.25, -0.2) is 13.4 Å². The van der Waals surface area contributed by atoms with E-state index in [0.29, 0.717) is 30.0 Å². The Labute approximate surface area is 204 Å². The highest BCUT2D eigenvalue weighted by Gasteiger charge is 2.35. The number of hydrogen-bond acceptors (Lipinski definition) is 7. The number of benzene rings is 2. The molecule has 0 radical (unpaired) electrons. The van der Waals surface area contributed by atoms with Gasteiger partial charge in [0.05, 0.1) is 22.4 Å². The van der Waals surface area contributed by atoms with E-state index >= 15 is 0 Å². The summed E-state index contributed by atoms with van der Waals surface area (Å²) in [5, 5.41) is 10.5. The van der Waals surface area contributed by atoms with E-state index in [-0.39, 0.29) is 24.3 Å². The zero-order chi connectivity index (χ0) is 25.3. The van der Waals surface area contributed by atoms with Crippen molar-refractivity contribution in [2.75, 3.05) is 31.0 Å². The van der Waals surface area contributed by atoms with Crippen LogP contribution in [0.1, 0.15) is 18.4 Å². The Balaban J connectivity index is 1.36. The largest absolute Gasteiger partial charge is 0.411 e. The number of hydrogen-bond donors (Lipinski definition) is 2. The second-order valence-corrected chi connectivity index (χ2v) is 10.9. The van der Waals surface area contributed by atoms with Gasteiger partial charge in [-0.2, -0.15) is 13.2 Å². The summed E-state index contributed by atoms with van der Waals surface area (Å²) < 4.78 is 70.6. The number of ether oxygens (including phenoxy) is 1. The van der Waals surface area contributed by atoms with Crippen molar-refractivity contribution in [3.8, 4) is 0 Å². The molecule has 2 aromatic carbocycles. The molecule has 1 aromatic heterocycles. The Kier molecular flexibility index (Phi) is 7.09. The van der Waals surface area contributed by atoms with E-state index in [1.165, 1.54) is 17.4 Å². The van der Waals surface area contributed by atoms with Gasteiger partial charge >= 0.3 is 6.18 Å². The molecule has 1 saturated heterocycles. The number of piperidine rings is 1. The van der Waals surface area contributed by atoms with Crippen molar-refractivity contribution in [3.63, 3.8) is 0 Å². The highest BCUT2D eigenvalue weighted by molar-refractivity contribution is 7.93. The molecule has 0 saturated carbocycles. The fraction of sp³-hybridized carbons (Fsp3) is 0.348. The zero-order valence-electron chi connectivity index (χ0n) is 18.6. The van der Waals surface area contributed by atoms with E-state index in [0.717, 1.165) is 10.3 Å². The minimum absolute atomic E-state index is 0.102. The molecule has 4 rings (SSSR count). The first-order valence-electron chi connectivity index (χ1n) is 10.7. The van der Waals surface area contributed by atoms with Crippen LogP contribution in [-0.4, -0.2) is 61.5 Å². The molecule has 188 valence electrons. The lowest BCUT2D eigenvalue weighted by atomic mass is 9.91. The standard InChI is InChI=1S/C23H24F3N3O4S2/c1-16(29-11-9-22(30,10-12-29)13-33-14-23(24,25)26)17-5-7-18(8-6-17)28-35(31,32)20-4-2-3-19-21(20)27-15-34-19/h2-8,15,28,30H,1,9-14H2. The molecule has 0 amide bonds. The lowest BCUT2D eigenvalue weighted by Crippen LogP contribution is -2.46. The molecular formula is C23H24F3N3O4S2. The molecule has 3 aromatic rings. The lowest BCUT2D eigenvalue weighted by Gasteiger charge is -2.40. The van der Waals surface area contributed by atoms with Gasteiger partial charge in [0.15, 0.2) is 0 Å². The summed E-state index contributed by atoms with van der Waals surface area (Å²) in [7, 11) is -3.84. The third kappa shape index (κ3) is 6.13. The van der Waals surface area contributed by atoms with E-state index in [1.807, 2.05) is 11.0 Å². The third-order valence-electron chi connectivity index (χ3n) is 5.80. The second-order valence-electron chi connectivity index (χ2n) is 8.40. The topological polar surface area (TPSA) is 91.8 Å². The quantitative estimate of drug-likeness (QED) is 0.449. The van der Waals surface area contributed by atoms with E-state index in [4.69, 9.17) is 0 Å². The normalized spacial score (nSPS) is 16.4. The predicted molar refractivity (Wildman–Crippen MR) is 129 cm³/mol. The van der Waals surface area contributed by atoms with Gasteiger partial charge in [-0.05, 0) is 42.7 Å². The molecule has 0 unspecified atom stereocenters. The molecule has 12 heteroatoms. The first-order chi connectivity index (χ1) is 16.5. The first-order valence-corrected chi connectivity index (χ1v) is 13.1. The van der Waals surface area contributed by atoms with Crippen LogP contribution >= 0.6 is 11.3 Å². The van der Waals surface area contributed by atoms with Crippen LogP contribution < -0.4 is 4.72 Å². The van der Waals surface area contributed by atoms with Crippen LogP contribution in [0.3, 0.4) is 0 Å². The number of aromatic nitrogens is 1. The Bertz CT molecular complexity index is 1300. The molecule has 0 bridgehead atoms. The number of halogens is 3. The van der Waals surface area contributed by atoms with Gasteiger partial charge in [0.1, 0.15) is 17.0 Å². The number of alkyl halides is 3. The predicted octanol–water partition coefficient (Wildman–Crippen LogP) is 4.47. The molecule has 0 spiro atoms. The first kappa shape index (κ1) is 25.4. The number of fused-ring (bicyclic) bond motifs is 1. The van der Waals surface area contributed by atoms with Gasteiger partial charge in [-0.1, -0.05) is 24.8 Å². The number of para-hydroxylation sites is 1. The minimum Gasteiger partial charge on any atom is -0.387 e. The molecule has 1 aliphatic heterocycles. The lowest BCUT2D eigenvalue weighted by molar-refractivity contribution is -0.189. The van der Waals surface area contributed by atoms with Crippen LogP contribution in [0.5, 0.6) is 0 Å². The zero-order valence-corrected chi connectivity index (χ0v) is 20.2. The average molecular weight is 528 g/mol. The van der Waals surface area contributed by atoms with Crippen LogP contribution in [0, 0.1) is 0 Å². The Morgan fingerprint density at radius 2 is 1.89 bits per heavy atom. The van der Waals surface area contributed by atoms with Crippen molar-refractivity contribution in [2.45, 2.75) is 29.5 Å². The summed E-state index contributed by atoms with van der Waals surface area (Å²) in [5.74, 6) is 0. The summed E-state index contributed by atoms with van der Waals surface area (Å²) in [6.07, 6.45) is -3.95. The smallest absolute Gasteiger partial charge is 0.387 e. The number of aliphatic hydroxyl groups is 1. The van der Waals surface area contributed by atoms with Gasteiger partial charge in [-0.3, -0.25) is 4.72 Å². The highest BCUT2D eigenvalue weighted by Crippen LogP contribution is 2.30. The fourth-order valence-corrected chi connectivity index (χ4v) is 5.89. The van der Waals surface area contributed by atoms with Crippen LogP contribution in [0.15, 0.2) is 59.4 Å². The molecule has 0 atom stereocenters. The number of rotatable bonds is 8. The number of nitrogens with one attached hydrogen (secondary N) is 1. The molecule has 35 heavy (non-hydrogen) atoms. The average Bonchev–Trinajstić information content (AvgIpc) is 3.27.